The third-order valence-corrected chi connectivity index (χ3v) is 6.53. The number of hydrogen-bond acceptors (Lipinski definition) is 6. The van der Waals surface area contributed by atoms with Crippen molar-refractivity contribution in [1.29, 1.82) is 0 Å². The molecular weight excluding hydrogens is 444 g/mol. The van der Waals surface area contributed by atoms with E-state index in [-0.39, 0.29) is 18.1 Å². The lowest BCUT2D eigenvalue weighted by Crippen LogP contribution is -2.31. The Kier molecular flexibility index (Phi) is 5.43. The van der Waals surface area contributed by atoms with E-state index in [0.717, 1.165) is 27.0 Å². The number of carbonyl (C=O) groups excluding carboxylic acids is 1. The molecule has 1 amide bonds. The largest absolute Gasteiger partial charge is 0.355 e. The SMILES string of the molecule is Cc1ccc(Cl)c2sc(N(Cc3ccccn3)C(=O)c3cc(-c4ccccc4)on3)nc12. The number of rotatable bonds is 5. The van der Waals surface area contributed by atoms with Gasteiger partial charge in [0.2, 0.25) is 0 Å². The highest BCUT2D eigenvalue weighted by Gasteiger charge is 2.26. The van der Waals surface area contributed by atoms with E-state index in [9.17, 15) is 4.79 Å². The number of carbonyl (C=O) groups is 1. The Labute approximate surface area is 193 Å². The van der Waals surface area contributed by atoms with Gasteiger partial charge >= 0.3 is 0 Å². The first kappa shape index (κ1) is 20.4. The molecule has 0 aliphatic heterocycles. The molecule has 0 bridgehead atoms. The van der Waals surface area contributed by atoms with E-state index < -0.39 is 0 Å². The van der Waals surface area contributed by atoms with Crippen molar-refractivity contribution in [2.75, 3.05) is 4.90 Å². The fourth-order valence-electron chi connectivity index (χ4n) is 3.34. The van der Waals surface area contributed by atoms with Crippen molar-refractivity contribution in [1.82, 2.24) is 15.1 Å². The first-order valence-corrected chi connectivity index (χ1v) is 11.1. The van der Waals surface area contributed by atoms with Gasteiger partial charge < -0.3 is 4.52 Å². The monoisotopic (exact) mass is 460 g/mol. The van der Waals surface area contributed by atoms with Crippen LogP contribution in [0, 0.1) is 6.92 Å². The smallest absolute Gasteiger partial charge is 0.282 e. The highest BCUT2D eigenvalue weighted by atomic mass is 35.5. The lowest BCUT2D eigenvalue weighted by molar-refractivity contribution is 0.0976. The maximum atomic E-state index is 13.6. The molecule has 3 heterocycles. The minimum atomic E-state index is -0.325. The van der Waals surface area contributed by atoms with Gasteiger partial charge in [0.1, 0.15) is 0 Å². The molecule has 5 aromatic rings. The van der Waals surface area contributed by atoms with Gasteiger partial charge in [0.15, 0.2) is 16.6 Å². The second-order valence-electron chi connectivity index (χ2n) is 7.19. The van der Waals surface area contributed by atoms with Gasteiger partial charge in [-0.3, -0.25) is 14.7 Å². The summed E-state index contributed by atoms with van der Waals surface area (Å²) < 4.78 is 6.29. The molecule has 0 atom stereocenters. The molecule has 0 radical (unpaired) electrons. The molecule has 8 heteroatoms. The lowest BCUT2D eigenvalue weighted by Gasteiger charge is -2.18. The van der Waals surface area contributed by atoms with Crippen LogP contribution in [0.25, 0.3) is 21.5 Å². The molecule has 158 valence electrons. The Bertz CT molecular complexity index is 1360. The van der Waals surface area contributed by atoms with Gasteiger partial charge in [0.05, 0.1) is 27.5 Å². The van der Waals surface area contributed by atoms with Gasteiger partial charge in [-0.25, -0.2) is 4.98 Å². The molecule has 0 aliphatic carbocycles. The number of amides is 1. The van der Waals surface area contributed by atoms with E-state index in [1.54, 1.807) is 17.2 Å². The topological polar surface area (TPSA) is 72.1 Å². The fraction of sp³-hybridized carbons (Fsp3) is 0.0833. The highest BCUT2D eigenvalue weighted by Crippen LogP contribution is 2.36. The molecule has 0 N–H and O–H groups in total. The molecule has 0 saturated heterocycles. The number of fused-ring (bicyclic) bond motifs is 1. The molecule has 0 spiro atoms. The summed E-state index contributed by atoms with van der Waals surface area (Å²) >= 11 is 7.77. The summed E-state index contributed by atoms with van der Waals surface area (Å²) in [6.07, 6.45) is 1.70. The number of aromatic nitrogens is 3. The van der Waals surface area contributed by atoms with Gasteiger partial charge in [0.25, 0.3) is 5.91 Å². The predicted octanol–water partition coefficient (Wildman–Crippen LogP) is 6.16. The van der Waals surface area contributed by atoms with E-state index >= 15 is 0 Å². The Morgan fingerprint density at radius 2 is 1.91 bits per heavy atom. The number of aryl methyl sites for hydroxylation is 1. The van der Waals surface area contributed by atoms with Gasteiger partial charge in [-0.15, -0.1) is 0 Å². The van der Waals surface area contributed by atoms with Crippen molar-refractivity contribution in [3.05, 3.63) is 94.9 Å². The average Bonchev–Trinajstić information content (AvgIpc) is 3.50. The van der Waals surface area contributed by atoms with Crippen LogP contribution in [0.5, 0.6) is 0 Å². The molecule has 6 nitrogen and oxygen atoms in total. The second kappa shape index (κ2) is 8.53. The fourth-order valence-corrected chi connectivity index (χ4v) is 4.65. The van der Waals surface area contributed by atoms with Crippen LogP contribution in [-0.2, 0) is 6.54 Å². The summed E-state index contributed by atoms with van der Waals surface area (Å²) in [5, 5.41) is 5.16. The van der Waals surface area contributed by atoms with Gasteiger partial charge in [-0.1, -0.05) is 70.6 Å². The Balaban J connectivity index is 1.56. The van der Waals surface area contributed by atoms with Crippen LogP contribution >= 0.6 is 22.9 Å². The zero-order valence-electron chi connectivity index (χ0n) is 17.0. The summed E-state index contributed by atoms with van der Waals surface area (Å²) in [6.45, 7) is 2.21. The highest BCUT2D eigenvalue weighted by molar-refractivity contribution is 7.23. The molecule has 0 saturated carbocycles. The molecule has 0 fully saturated rings. The van der Waals surface area contributed by atoms with Gasteiger partial charge in [-0.2, -0.15) is 0 Å². The molecule has 0 unspecified atom stereocenters. The van der Waals surface area contributed by atoms with Crippen molar-refractivity contribution in [3.8, 4) is 11.3 Å². The van der Waals surface area contributed by atoms with Crippen molar-refractivity contribution in [2.45, 2.75) is 13.5 Å². The average molecular weight is 461 g/mol. The Morgan fingerprint density at radius 1 is 1.09 bits per heavy atom. The third-order valence-electron chi connectivity index (χ3n) is 5.00. The number of nitrogens with zero attached hydrogens (tertiary/aromatic N) is 4. The van der Waals surface area contributed by atoms with Crippen LogP contribution in [0.15, 0.2) is 77.4 Å². The molecule has 5 rings (SSSR count). The molecule has 32 heavy (non-hydrogen) atoms. The lowest BCUT2D eigenvalue weighted by atomic mass is 10.1. The number of halogens is 1. The van der Waals surface area contributed by atoms with Crippen LogP contribution in [-0.4, -0.2) is 21.0 Å². The van der Waals surface area contributed by atoms with E-state index in [1.807, 2.05) is 67.6 Å². The maximum absolute atomic E-state index is 13.6. The first-order valence-electron chi connectivity index (χ1n) is 9.90. The molecular formula is C24H17ClN4O2S. The first-order chi connectivity index (χ1) is 15.6. The van der Waals surface area contributed by atoms with E-state index in [0.29, 0.717) is 15.9 Å². The number of thiazole rings is 1. The van der Waals surface area contributed by atoms with E-state index in [1.165, 1.54) is 11.3 Å². The third kappa shape index (κ3) is 3.88. The summed E-state index contributed by atoms with van der Waals surface area (Å²) in [5.74, 6) is 0.198. The van der Waals surface area contributed by atoms with Crippen LogP contribution < -0.4 is 4.90 Å². The number of anilines is 1. The summed E-state index contributed by atoms with van der Waals surface area (Å²) in [4.78, 5) is 24.2. The number of hydrogen-bond donors (Lipinski definition) is 0. The second-order valence-corrected chi connectivity index (χ2v) is 8.58. The van der Waals surface area contributed by atoms with Crippen LogP contribution in [0.4, 0.5) is 5.13 Å². The van der Waals surface area contributed by atoms with Crippen LogP contribution in [0.2, 0.25) is 5.02 Å². The van der Waals surface area contributed by atoms with Gasteiger partial charge in [-0.05, 0) is 30.7 Å². The Hall–Kier alpha value is -3.55. The van der Waals surface area contributed by atoms with Crippen molar-refractivity contribution < 1.29 is 9.32 Å². The maximum Gasteiger partial charge on any atom is 0.282 e. The number of benzene rings is 2. The minimum Gasteiger partial charge on any atom is -0.355 e. The summed E-state index contributed by atoms with van der Waals surface area (Å²) in [5.41, 5.74) is 3.54. The molecule has 0 aliphatic rings. The van der Waals surface area contributed by atoms with Crippen LogP contribution in [0.3, 0.4) is 0 Å². The summed E-state index contributed by atoms with van der Waals surface area (Å²) in [7, 11) is 0. The predicted molar refractivity (Wildman–Crippen MR) is 126 cm³/mol. The summed E-state index contributed by atoms with van der Waals surface area (Å²) in [6, 6.07) is 20.5. The zero-order valence-corrected chi connectivity index (χ0v) is 18.6. The minimum absolute atomic E-state index is 0.196. The van der Waals surface area contributed by atoms with Crippen molar-refractivity contribution in [3.63, 3.8) is 0 Å². The quantitative estimate of drug-likeness (QED) is 0.314. The molecule has 2 aromatic carbocycles. The van der Waals surface area contributed by atoms with E-state index in [2.05, 4.69) is 10.1 Å². The Morgan fingerprint density at radius 3 is 2.66 bits per heavy atom. The van der Waals surface area contributed by atoms with Crippen molar-refractivity contribution >= 4 is 44.2 Å². The number of pyridine rings is 1. The van der Waals surface area contributed by atoms with Crippen molar-refractivity contribution in [2.24, 2.45) is 0 Å². The molecule has 3 aromatic heterocycles. The standard InChI is InChI=1S/C24H17ClN4O2S/c1-15-10-11-18(25)22-21(15)27-24(32-22)29(14-17-9-5-6-12-26-17)23(30)19-13-20(31-28-19)16-7-3-2-4-8-16/h2-13H,14H2,1H3. The van der Waals surface area contributed by atoms with E-state index in [4.69, 9.17) is 21.1 Å². The van der Waals surface area contributed by atoms with Crippen LogP contribution in [0.1, 0.15) is 21.7 Å². The van der Waals surface area contributed by atoms with Gasteiger partial charge in [0, 0.05) is 17.8 Å². The zero-order chi connectivity index (χ0) is 22.1. The normalized spacial score (nSPS) is 11.1.